The van der Waals surface area contributed by atoms with Crippen LogP contribution in [0.15, 0.2) is 95.5 Å². The first-order valence-corrected chi connectivity index (χ1v) is 18.1. The lowest BCUT2D eigenvalue weighted by Gasteiger charge is -2.38. The largest absolute Gasteiger partial charge is 0.457 e. The maximum absolute atomic E-state index is 15.2. The number of sulfonamides is 1. The number of halogens is 3. The van der Waals surface area contributed by atoms with E-state index in [1.807, 2.05) is 0 Å². The molecule has 1 N–H and O–H groups in total. The SMILES string of the molecule is CN(C[C@H]1CCCN(c2c(NC(=O)c3csc(-c4ccnnc4)n3)ccc(Oc3ccccc3)c2C(F)(F)F)C1)S(=O)(=O)c1ccc([N+](=O)[O-])cc1. The Balaban J connectivity index is 1.33. The number of nitrogens with one attached hydrogen (secondary N) is 1. The zero-order chi connectivity index (χ0) is 37.0. The number of nitro groups is 1. The average Bonchev–Trinajstić information content (AvgIpc) is 3.63. The minimum atomic E-state index is -4.94. The van der Waals surface area contributed by atoms with Gasteiger partial charge in [-0.05, 0) is 61.2 Å². The molecule has 1 amide bonds. The second-order valence-corrected chi connectivity index (χ2v) is 14.8. The molecule has 0 aliphatic carbocycles. The molecular weight excluding hydrogens is 724 g/mol. The summed E-state index contributed by atoms with van der Waals surface area (Å²) in [6.45, 7) is 0.132. The molecule has 0 spiro atoms. The van der Waals surface area contributed by atoms with Gasteiger partial charge in [0.2, 0.25) is 10.0 Å². The van der Waals surface area contributed by atoms with Crippen LogP contribution >= 0.6 is 11.3 Å². The first-order valence-electron chi connectivity index (χ1n) is 15.8. The summed E-state index contributed by atoms with van der Waals surface area (Å²) < 4.78 is 79.0. The van der Waals surface area contributed by atoms with Gasteiger partial charge in [0.25, 0.3) is 11.6 Å². The number of hydrogen-bond donors (Lipinski definition) is 1. The molecule has 6 rings (SSSR count). The van der Waals surface area contributed by atoms with Crippen molar-refractivity contribution in [2.75, 3.05) is 36.9 Å². The summed E-state index contributed by atoms with van der Waals surface area (Å²) in [5.41, 5.74) is -1.24. The van der Waals surface area contributed by atoms with Crippen molar-refractivity contribution in [3.05, 3.63) is 112 Å². The summed E-state index contributed by atoms with van der Waals surface area (Å²) in [6, 6.07) is 16.6. The highest BCUT2D eigenvalue weighted by molar-refractivity contribution is 7.89. The third kappa shape index (κ3) is 8.03. The number of hydrogen-bond acceptors (Lipinski definition) is 11. The van der Waals surface area contributed by atoms with Gasteiger partial charge in [-0.3, -0.25) is 14.9 Å². The van der Waals surface area contributed by atoms with E-state index in [9.17, 15) is 23.3 Å². The molecule has 0 radical (unpaired) electrons. The predicted molar refractivity (Wildman–Crippen MR) is 187 cm³/mol. The van der Waals surface area contributed by atoms with Gasteiger partial charge in [-0.25, -0.2) is 17.7 Å². The van der Waals surface area contributed by atoms with Gasteiger partial charge in [0.05, 0.1) is 33.6 Å². The van der Waals surface area contributed by atoms with Crippen molar-refractivity contribution in [1.29, 1.82) is 0 Å². The minimum Gasteiger partial charge on any atom is -0.457 e. The molecule has 0 unspecified atom stereocenters. The van der Waals surface area contributed by atoms with Crippen LogP contribution in [0.4, 0.5) is 30.2 Å². The van der Waals surface area contributed by atoms with Gasteiger partial charge >= 0.3 is 6.18 Å². The topological polar surface area (TPSA) is 161 Å². The molecule has 3 aromatic carbocycles. The number of carbonyl (C=O) groups excluding carboxylic acids is 1. The van der Waals surface area contributed by atoms with E-state index in [4.69, 9.17) is 4.74 Å². The number of carbonyl (C=O) groups is 1. The summed E-state index contributed by atoms with van der Waals surface area (Å²) in [7, 11) is -2.74. The Bertz CT molecular complexity index is 2170. The van der Waals surface area contributed by atoms with Crippen molar-refractivity contribution in [3.63, 3.8) is 0 Å². The molecule has 3 heterocycles. The number of amides is 1. The third-order valence-electron chi connectivity index (χ3n) is 8.32. The van der Waals surface area contributed by atoms with Crippen molar-refractivity contribution < 1.29 is 36.0 Å². The van der Waals surface area contributed by atoms with E-state index >= 15 is 13.2 Å². The van der Waals surface area contributed by atoms with E-state index in [1.54, 1.807) is 24.3 Å². The molecule has 0 saturated carbocycles. The van der Waals surface area contributed by atoms with Crippen molar-refractivity contribution >= 4 is 44.3 Å². The number of thiazole rings is 1. The van der Waals surface area contributed by atoms with Crippen LogP contribution in [0.25, 0.3) is 10.6 Å². The van der Waals surface area contributed by atoms with Gasteiger partial charge in [0.1, 0.15) is 27.8 Å². The molecule has 1 saturated heterocycles. The number of benzene rings is 3. The number of piperidine rings is 1. The van der Waals surface area contributed by atoms with E-state index in [0.29, 0.717) is 23.4 Å². The number of nitrogens with zero attached hydrogens (tertiary/aromatic N) is 6. The van der Waals surface area contributed by atoms with Crippen LogP contribution in [0.2, 0.25) is 0 Å². The van der Waals surface area contributed by atoms with Crippen LogP contribution in [-0.2, 0) is 16.2 Å². The van der Waals surface area contributed by atoms with Gasteiger partial charge in [-0.2, -0.15) is 23.4 Å². The molecule has 1 aliphatic rings. The number of ether oxygens (including phenoxy) is 1. The minimum absolute atomic E-state index is 0.0107. The van der Waals surface area contributed by atoms with E-state index in [1.165, 1.54) is 47.9 Å². The number of para-hydroxylation sites is 1. The fourth-order valence-corrected chi connectivity index (χ4v) is 7.93. The lowest BCUT2D eigenvalue weighted by atomic mass is 9.96. The van der Waals surface area contributed by atoms with Crippen molar-refractivity contribution in [2.24, 2.45) is 5.92 Å². The van der Waals surface area contributed by atoms with E-state index in [2.05, 4.69) is 20.5 Å². The van der Waals surface area contributed by atoms with Gasteiger partial charge in [0, 0.05) is 49.8 Å². The summed E-state index contributed by atoms with van der Waals surface area (Å²) in [6.07, 6.45) is -1.08. The van der Waals surface area contributed by atoms with Crippen LogP contribution in [0.5, 0.6) is 11.5 Å². The Kier molecular flexibility index (Phi) is 10.5. The summed E-state index contributed by atoms with van der Waals surface area (Å²) in [5, 5.41) is 23.2. The molecule has 52 heavy (non-hydrogen) atoms. The highest BCUT2D eigenvalue weighted by Gasteiger charge is 2.42. The number of non-ortho nitro benzene ring substituents is 1. The van der Waals surface area contributed by atoms with Crippen molar-refractivity contribution in [3.8, 4) is 22.1 Å². The summed E-state index contributed by atoms with van der Waals surface area (Å²) in [5.74, 6) is -1.47. The number of aromatic nitrogens is 3. The van der Waals surface area contributed by atoms with Crippen LogP contribution in [0.1, 0.15) is 28.9 Å². The Morgan fingerprint density at radius 2 is 1.85 bits per heavy atom. The van der Waals surface area contributed by atoms with E-state index < -0.39 is 44.3 Å². The van der Waals surface area contributed by atoms with Crippen LogP contribution < -0.4 is 15.0 Å². The third-order valence-corrected chi connectivity index (χ3v) is 11.0. The molecule has 1 aliphatic heterocycles. The van der Waals surface area contributed by atoms with Crippen molar-refractivity contribution in [1.82, 2.24) is 19.5 Å². The first kappa shape index (κ1) is 36.3. The Morgan fingerprint density at radius 1 is 1.10 bits per heavy atom. The fourth-order valence-electron chi connectivity index (χ4n) is 5.89. The van der Waals surface area contributed by atoms with Crippen LogP contribution in [0, 0.1) is 16.0 Å². The monoisotopic (exact) mass is 753 g/mol. The lowest BCUT2D eigenvalue weighted by molar-refractivity contribution is -0.384. The summed E-state index contributed by atoms with van der Waals surface area (Å²) >= 11 is 1.16. The Hall–Kier alpha value is -5.46. The molecule has 1 fully saturated rings. The standard InChI is InChI=1S/C34H30F3N7O6S2/c1-42(52(48,49)26-11-9-24(10-12-26)44(46)47)19-22-6-5-17-43(20-22)31-27(40-32(45)28-21-51-33(41-28)23-15-16-38-39-18-23)13-14-29(30(31)34(35,36)37)50-25-7-3-2-4-8-25/h2-4,7-16,18,21-22H,5-6,17,19-20H2,1H3,(H,40,45)/t22-/m1/s1. The van der Waals surface area contributed by atoms with Gasteiger partial charge in [-0.1, -0.05) is 18.2 Å². The zero-order valence-corrected chi connectivity index (χ0v) is 29.0. The molecule has 18 heteroatoms. The molecule has 5 aromatic rings. The van der Waals surface area contributed by atoms with E-state index in [-0.39, 0.29) is 53.0 Å². The highest BCUT2D eigenvalue weighted by atomic mass is 32.2. The van der Waals surface area contributed by atoms with Crippen LogP contribution in [0.3, 0.4) is 0 Å². The molecule has 2 aromatic heterocycles. The Labute approximate surface area is 299 Å². The Morgan fingerprint density at radius 3 is 2.52 bits per heavy atom. The van der Waals surface area contributed by atoms with E-state index in [0.717, 1.165) is 46.0 Å². The second-order valence-electron chi connectivity index (χ2n) is 11.9. The normalized spacial score (nSPS) is 15.0. The second kappa shape index (κ2) is 15.0. The molecule has 13 nitrogen and oxygen atoms in total. The van der Waals surface area contributed by atoms with Crippen molar-refractivity contribution in [2.45, 2.75) is 23.9 Å². The molecule has 0 bridgehead atoms. The average molecular weight is 754 g/mol. The first-order chi connectivity index (χ1) is 24.8. The number of alkyl halides is 3. The molecule has 1 atom stereocenters. The lowest BCUT2D eigenvalue weighted by Crippen LogP contribution is -2.42. The van der Waals surface area contributed by atoms with Gasteiger partial charge in [0.15, 0.2) is 0 Å². The summed E-state index contributed by atoms with van der Waals surface area (Å²) in [4.78, 5) is 29.6. The predicted octanol–water partition coefficient (Wildman–Crippen LogP) is 7.11. The fraction of sp³-hybridized carbons (Fsp3) is 0.235. The maximum Gasteiger partial charge on any atom is 0.422 e. The maximum atomic E-state index is 15.2. The van der Waals surface area contributed by atoms with Crippen LogP contribution in [-0.4, -0.2) is 65.4 Å². The number of nitro benzene ring substituents is 1. The van der Waals surface area contributed by atoms with Gasteiger partial charge in [-0.15, -0.1) is 11.3 Å². The smallest absolute Gasteiger partial charge is 0.422 e. The number of anilines is 2. The molecule has 270 valence electrons. The molecular formula is C34H30F3N7O6S2. The zero-order valence-electron chi connectivity index (χ0n) is 27.4. The number of rotatable bonds is 11. The van der Waals surface area contributed by atoms with Gasteiger partial charge < -0.3 is 15.0 Å². The highest BCUT2D eigenvalue weighted by Crippen LogP contribution is 2.48. The quantitative estimate of drug-likeness (QED) is 0.109.